The molecule has 1 heterocycles. The predicted molar refractivity (Wildman–Crippen MR) is 106 cm³/mol. The van der Waals surface area contributed by atoms with Gasteiger partial charge in [0.15, 0.2) is 0 Å². The summed E-state index contributed by atoms with van der Waals surface area (Å²) in [6.07, 6.45) is 2.23. The lowest BCUT2D eigenvalue weighted by Crippen LogP contribution is -2.04. The molecule has 0 aliphatic carbocycles. The maximum atomic E-state index is 11.4. The second-order valence-corrected chi connectivity index (χ2v) is 5.92. The number of carbonyl (C=O) groups excluding carboxylic acids is 2. The van der Waals surface area contributed by atoms with Gasteiger partial charge in [-0.25, -0.2) is 9.59 Å². The average Bonchev–Trinajstić information content (AvgIpc) is 3.20. The Bertz CT molecular complexity index is 1040. The van der Waals surface area contributed by atoms with Crippen LogP contribution in [0.25, 0.3) is 22.6 Å². The van der Waals surface area contributed by atoms with E-state index in [1.54, 1.807) is 30.3 Å². The topological polar surface area (TPSA) is 65.7 Å². The second-order valence-electron chi connectivity index (χ2n) is 5.92. The fourth-order valence-electron chi connectivity index (χ4n) is 2.56. The Morgan fingerprint density at radius 3 is 2.00 bits per heavy atom. The van der Waals surface area contributed by atoms with Crippen molar-refractivity contribution in [3.05, 3.63) is 85.5 Å². The van der Waals surface area contributed by atoms with E-state index in [2.05, 4.69) is 13.2 Å². The lowest BCUT2D eigenvalue weighted by Gasteiger charge is -2.07. The molecule has 0 radical (unpaired) electrons. The van der Waals surface area contributed by atoms with Gasteiger partial charge in [-0.3, -0.25) is 0 Å². The highest BCUT2D eigenvalue weighted by Crippen LogP contribution is 2.32. The molecule has 0 bridgehead atoms. The maximum Gasteiger partial charge on any atom is 0.335 e. The number of ether oxygens (including phenoxy) is 2. The molecule has 2 aromatic carbocycles. The smallest absolute Gasteiger partial charge is 0.335 e. The molecule has 0 fully saturated rings. The van der Waals surface area contributed by atoms with E-state index in [4.69, 9.17) is 13.9 Å². The van der Waals surface area contributed by atoms with Gasteiger partial charge in [-0.1, -0.05) is 13.2 Å². The van der Waals surface area contributed by atoms with Crippen LogP contribution >= 0.6 is 0 Å². The number of hydrogen-bond acceptors (Lipinski definition) is 5. The molecule has 28 heavy (non-hydrogen) atoms. The van der Waals surface area contributed by atoms with Crippen LogP contribution in [0.2, 0.25) is 0 Å². The van der Waals surface area contributed by atoms with Crippen molar-refractivity contribution in [2.24, 2.45) is 0 Å². The zero-order valence-electron chi connectivity index (χ0n) is 15.3. The minimum absolute atomic E-state index is 0.431. The van der Waals surface area contributed by atoms with E-state index in [1.165, 1.54) is 0 Å². The molecule has 3 rings (SSSR count). The molecule has 3 aromatic rings. The standard InChI is InChI=1S/C23H18O5/c1-4-22(24)26-18-9-6-16(7-10-18)20-12-13-21(27-20)17-8-11-19(15(3)14-17)28-23(25)5-2/h4-14H,1-2H2,3H3. The summed E-state index contributed by atoms with van der Waals surface area (Å²) in [6, 6.07) is 16.1. The Morgan fingerprint density at radius 2 is 1.39 bits per heavy atom. The van der Waals surface area contributed by atoms with Crippen molar-refractivity contribution in [3.63, 3.8) is 0 Å². The first-order chi connectivity index (χ1) is 13.5. The van der Waals surface area contributed by atoms with E-state index in [0.717, 1.165) is 28.8 Å². The number of benzene rings is 2. The third kappa shape index (κ3) is 4.27. The molecule has 0 N–H and O–H groups in total. The van der Waals surface area contributed by atoms with E-state index in [9.17, 15) is 9.59 Å². The molecule has 5 nitrogen and oxygen atoms in total. The minimum atomic E-state index is -0.509. The quantitative estimate of drug-likeness (QED) is 0.341. The van der Waals surface area contributed by atoms with E-state index in [1.807, 2.05) is 31.2 Å². The summed E-state index contributed by atoms with van der Waals surface area (Å²) in [7, 11) is 0. The maximum absolute atomic E-state index is 11.4. The number of carbonyl (C=O) groups is 2. The Kier molecular flexibility index (Phi) is 5.56. The van der Waals surface area contributed by atoms with Crippen LogP contribution in [0.4, 0.5) is 0 Å². The Balaban J connectivity index is 1.79. The molecule has 0 aliphatic heterocycles. The Hall–Kier alpha value is -3.86. The first-order valence-electron chi connectivity index (χ1n) is 8.50. The van der Waals surface area contributed by atoms with Gasteiger partial charge in [-0.2, -0.15) is 0 Å². The summed E-state index contributed by atoms with van der Waals surface area (Å²) in [5, 5.41) is 0. The van der Waals surface area contributed by atoms with Gasteiger partial charge < -0.3 is 13.9 Å². The molecule has 5 heteroatoms. The van der Waals surface area contributed by atoms with Crippen molar-refractivity contribution >= 4 is 11.9 Å². The molecule has 0 aliphatic rings. The third-order valence-corrected chi connectivity index (χ3v) is 3.97. The summed E-state index contributed by atoms with van der Waals surface area (Å²) in [5.41, 5.74) is 2.51. The van der Waals surface area contributed by atoms with Gasteiger partial charge in [0.25, 0.3) is 0 Å². The summed E-state index contributed by atoms with van der Waals surface area (Å²) in [4.78, 5) is 22.6. The average molecular weight is 374 g/mol. The molecule has 0 saturated carbocycles. The van der Waals surface area contributed by atoms with Crippen LogP contribution in [0.5, 0.6) is 11.5 Å². The van der Waals surface area contributed by atoms with Crippen LogP contribution in [0.1, 0.15) is 5.56 Å². The lowest BCUT2D eigenvalue weighted by molar-refractivity contribution is -0.129. The van der Waals surface area contributed by atoms with Crippen molar-refractivity contribution in [1.82, 2.24) is 0 Å². The largest absolute Gasteiger partial charge is 0.456 e. The summed E-state index contributed by atoms with van der Waals surface area (Å²) in [6.45, 7) is 8.60. The number of esters is 2. The first-order valence-corrected chi connectivity index (χ1v) is 8.50. The number of hydrogen-bond donors (Lipinski definition) is 0. The molecule has 140 valence electrons. The highest BCUT2D eigenvalue weighted by molar-refractivity contribution is 5.84. The fraction of sp³-hybridized carbons (Fsp3) is 0.0435. The zero-order chi connectivity index (χ0) is 20.1. The second kappa shape index (κ2) is 8.22. The molecular weight excluding hydrogens is 356 g/mol. The summed E-state index contributed by atoms with van der Waals surface area (Å²) < 4.78 is 16.2. The van der Waals surface area contributed by atoms with Gasteiger partial charge in [-0.15, -0.1) is 0 Å². The van der Waals surface area contributed by atoms with Crippen molar-refractivity contribution in [2.45, 2.75) is 6.92 Å². The predicted octanol–water partition coefficient (Wildman–Crippen LogP) is 5.10. The van der Waals surface area contributed by atoms with Crippen molar-refractivity contribution in [1.29, 1.82) is 0 Å². The van der Waals surface area contributed by atoms with E-state index in [0.29, 0.717) is 23.0 Å². The first kappa shape index (κ1) is 18.9. The van der Waals surface area contributed by atoms with Crippen LogP contribution in [0.15, 0.2) is 84.3 Å². The van der Waals surface area contributed by atoms with E-state index in [-0.39, 0.29) is 0 Å². The molecule has 0 amide bonds. The van der Waals surface area contributed by atoms with Gasteiger partial charge in [0.2, 0.25) is 0 Å². The van der Waals surface area contributed by atoms with Gasteiger partial charge >= 0.3 is 11.9 Å². The fourth-order valence-corrected chi connectivity index (χ4v) is 2.56. The van der Waals surface area contributed by atoms with Crippen LogP contribution < -0.4 is 9.47 Å². The SMILES string of the molecule is C=CC(=O)Oc1ccc(-c2ccc(-c3ccc(OC(=O)C=C)c(C)c3)o2)cc1. The highest BCUT2D eigenvalue weighted by Gasteiger charge is 2.10. The van der Waals surface area contributed by atoms with E-state index < -0.39 is 11.9 Å². The molecule has 0 saturated heterocycles. The van der Waals surface area contributed by atoms with Gasteiger partial charge in [0.1, 0.15) is 23.0 Å². The van der Waals surface area contributed by atoms with Gasteiger partial charge in [-0.05, 0) is 67.1 Å². The van der Waals surface area contributed by atoms with Crippen molar-refractivity contribution < 1.29 is 23.5 Å². The molecule has 0 spiro atoms. The van der Waals surface area contributed by atoms with Crippen molar-refractivity contribution in [3.8, 4) is 34.1 Å². The molecule has 0 atom stereocenters. The van der Waals surface area contributed by atoms with Crippen LogP contribution in [0.3, 0.4) is 0 Å². The molecule has 0 unspecified atom stereocenters. The van der Waals surface area contributed by atoms with E-state index >= 15 is 0 Å². The van der Waals surface area contributed by atoms with Crippen LogP contribution in [-0.2, 0) is 9.59 Å². The normalized spacial score (nSPS) is 10.2. The summed E-state index contributed by atoms with van der Waals surface area (Å²) >= 11 is 0. The monoisotopic (exact) mass is 374 g/mol. The Labute approximate surface area is 162 Å². The Morgan fingerprint density at radius 1 is 0.821 bits per heavy atom. The van der Waals surface area contributed by atoms with Crippen molar-refractivity contribution in [2.75, 3.05) is 0 Å². The minimum Gasteiger partial charge on any atom is -0.456 e. The van der Waals surface area contributed by atoms with Gasteiger partial charge in [0.05, 0.1) is 0 Å². The number of aryl methyl sites for hydroxylation is 1. The zero-order valence-corrected chi connectivity index (χ0v) is 15.3. The lowest BCUT2D eigenvalue weighted by atomic mass is 10.1. The van der Waals surface area contributed by atoms with Gasteiger partial charge in [0, 0.05) is 23.3 Å². The summed E-state index contributed by atoms with van der Waals surface area (Å²) in [5.74, 6) is 1.26. The highest BCUT2D eigenvalue weighted by atomic mass is 16.5. The third-order valence-electron chi connectivity index (χ3n) is 3.97. The molecule has 1 aromatic heterocycles. The molecular formula is C23H18O5. The van der Waals surface area contributed by atoms with Crippen LogP contribution in [0, 0.1) is 6.92 Å². The number of rotatable bonds is 6. The number of furan rings is 1. The van der Waals surface area contributed by atoms with Crippen LogP contribution in [-0.4, -0.2) is 11.9 Å².